The van der Waals surface area contributed by atoms with E-state index >= 15 is 0 Å². The molecule has 2 N–H and O–H groups in total. The fourth-order valence-corrected chi connectivity index (χ4v) is 6.50. The van der Waals surface area contributed by atoms with Crippen molar-refractivity contribution in [3.63, 3.8) is 0 Å². The molecule has 0 unspecified atom stereocenters. The number of nitrogens with one attached hydrogen (secondary N) is 2. The van der Waals surface area contributed by atoms with Gasteiger partial charge in [0.25, 0.3) is 11.1 Å². The van der Waals surface area contributed by atoms with E-state index in [1.54, 1.807) is 0 Å². The van der Waals surface area contributed by atoms with Gasteiger partial charge in [0.1, 0.15) is 12.2 Å². The lowest BCUT2D eigenvalue weighted by molar-refractivity contribution is 0.111. The Kier molecular flexibility index (Phi) is 7.06. The van der Waals surface area contributed by atoms with Gasteiger partial charge in [-0.25, -0.2) is 0 Å². The topological polar surface area (TPSA) is 118 Å². The average Bonchev–Trinajstić information content (AvgIpc) is 3.56. The van der Waals surface area contributed by atoms with Gasteiger partial charge in [-0.15, -0.1) is 0 Å². The standard InChI is InChI=1S/C30H22Br2N2O6/c31-23-11-15(13-35)27(37)33-29(23)39-25-9-7-19-17(3-1-5-21(19)25)18-4-2-6-22-20(18)8-10-26(22)40-30-24(32)12-16(14-36)28(38)34-30/h1-6,11-14,25-26H,7-10H2,(H,33,37)(H,34,38)/t25-,26-/m0/s1. The molecular formula is C30H22Br2N2O6. The molecule has 4 aromatic rings. The highest BCUT2D eigenvalue weighted by Crippen LogP contribution is 2.45. The number of aldehydes is 2. The van der Waals surface area contributed by atoms with Crippen LogP contribution < -0.4 is 20.6 Å². The van der Waals surface area contributed by atoms with Crippen LogP contribution in [0.1, 0.15) is 68.0 Å². The number of pyridine rings is 2. The molecule has 2 atom stereocenters. The predicted octanol–water partition coefficient (Wildman–Crippen LogP) is 6.01. The Balaban J connectivity index is 1.31. The lowest BCUT2D eigenvalue weighted by Gasteiger charge is -2.18. The molecule has 0 bridgehead atoms. The van der Waals surface area contributed by atoms with Crippen molar-refractivity contribution in [3.05, 3.63) is 112 Å². The largest absolute Gasteiger partial charge is 0.470 e. The first kappa shape index (κ1) is 26.5. The van der Waals surface area contributed by atoms with E-state index in [0.717, 1.165) is 47.9 Å². The van der Waals surface area contributed by atoms with Gasteiger partial charge in [-0.2, -0.15) is 0 Å². The van der Waals surface area contributed by atoms with E-state index in [2.05, 4.69) is 54.0 Å². The Bertz CT molecular complexity index is 1660. The average molecular weight is 666 g/mol. The van der Waals surface area contributed by atoms with Crippen molar-refractivity contribution in [1.82, 2.24) is 9.97 Å². The van der Waals surface area contributed by atoms with Crippen LogP contribution in [0, 0.1) is 0 Å². The van der Waals surface area contributed by atoms with Crippen molar-refractivity contribution in [2.24, 2.45) is 0 Å². The molecule has 0 fully saturated rings. The van der Waals surface area contributed by atoms with Gasteiger partial charge in [-0.05, 0) is 103 Å². The first-order valence-electron chi connectivity index (χ1n) is 12.7. The number of aromatic amines is 2. The molecule has 2 heterocycles. The molecule has 0 saturated heterocycles. The van der Waals surface area contributed by atoms with Crippen molar-refractivity contribution in [2.75, 3.05) is 0 Å². The molecule has 40 heavy (non-hydrogen) atoms. The normalized spacial score (nSPS) is 17.2. The van der Waals surface area contributed by atoms with E-state index in [0.29, 0.717) is 33.3 Å². The molecule has 0 aliphatic heterocycles. The van der Waals surface area contributed by atoms with E-state index in [4.69, 9.17) is 9.47 Å². The second-order valence-corrected chi connectivity index (χ2v) is 11.4. The van der Waals surface area contributed by atoms with E-state index in [1.807, 2.05) is 24.3 Å². The minimum absolute atomic E-state index is 0.0326. The van der Waals surface area contributed by atoms with Crippen LogP contribution in [0.5, 0.6) is 11.8 Å². The van der Waals surface area contributed by atoms with Crippen LogP contribution in [0.15, 0.2) is 67.1 Å². The number of hydrogen-bond donors (Lipinski definition) is 2. The maximum Gasteiger partial charge on any atom is 0.261 e. The van der Waals surface area contributed by atoms with Gasteiger partial charge in [-0.1, -0.05) is 36.4 Å². The number of carbonyl (C=O) groups is 2. The minimum atomic E-state index is -0.493. The van der Waals surface area contributed by atoms with E-state index in [-0.39, 0.29) is 23.3 Å². The van der Waals surface area contributed by atoms with Gasteiger partial charge in [0.05, 0.1) is 20.1 Å². The minimum Gasteiger partial charge on any atom is -0.470 e. The number of hydrogen-bond acceptors (Lipinski definition) is 6. The molecule has 202 valence electrons. The Hall–Kier alpha value is -3.76. The highest BCUT2D eigenvalue weighted by Gasteiger charge is 2.31. The van der Waals surface area contributed by atoms with Crippen LogP contribution in [0.2, 0.25) is 0 Å². The van der Waals surface area contributed by atoms with Crippen LogP contribution >= 0.6 is 31.9 Å². The molecule has 0 radical (unpaired) electrons. The van der Waals surface area contributed by atoms with Crippen molar-refractivity contribution in [2.45, 2.75) is 37.9 Å². The molecule has 2 aromatic carbocycles. The summed E-state index contributed by atoms with van der Waals surface area (Å²) >= 11 is 6.79. The quantitative estimate of drug-likeness (QED) is 0.233. The number of aromatic nitrogens is 2. The Labute approximate surface area is 245 Å². The number of rotatable bonds is 7. The third-order valence-corrected chi connectivity index (χ3v) is 8.65. The smallest absolute Gasteiger partial charge is 0.261 e. The van der Waals surface area contributed by atoms with Gasteiger partial charge in [-0.3, -0.25) is 29.1 Å². The molecule has 0 amide bonds. The molecule has 2 aliphatic carbocycles. The molecule has 10 heteroatoms. The highest BCUT2D eigenvalue weighted by molar-refractivity contribution is 9.10. The summed E-state index contributed by atoms with van der Waals surface area (Å²) in [6.45, 7) is 0. The zero-order valence-corrected chi connectivity index (χ0v) is 24.1. The van der Waals surface area contributed by atoms with Gasteiger partial charge in [0, 0.05) is 0 Å². The summed E-state index contributed by atoms with van der Waals surface area (Å²) in [4.78, 5) is 51.8. The van der Waals surface area contributed by atoms with Crippen LogP contribution in [0.25, 0.3) is 11.1 Å². The third kappa shape index (κ3) is 4.65. The predicted molar refractivity (Wildman–Crippen MR) is 156 cm³/mol. The fraction of sp³-hybridized carbons (Fsp3) is 0.200. The summed E-state index contributed by atoms with van der Waals surface area (Å²) in [5, 5.41) is 0. The van der Waals surface area contributed by atoms with E-state index in [1.165, 1.54) is 23.3 Å². The summed E-state index contributed by atoms with van der Waals surface area (Å²) < 4.78 is 13.5. The Morgan fingerprint density at radius 1 is 0.700 bits per heavy atom. The summed E-state index contributed by atoms with van der Waals surface area (Å²) in [5.41, 5.74) is 5.87. The monoisotopic (exact) mass is 664 g/mol. The Morgan fingerprint density at radius 2 is 1.12 bits per heavy atom. The van der Waals surface area contributed by atoms with Crippen LogP contribution in [0.3, 0.4) is 0 Å². The van der Waals surface area contributed by atoms with Gasteiger partial charge in [0.15, 0.2) is 12.6 Å². The maximum atomic E-state index is 12.2. The van der Waals surface area contributed by atoms with Crippen molar-refractivity contribution in [3.8, 4) is 22.9 Å². The van der Waals surface area contributed by atoms with Crippen molar-refractivity contribution in [1.29, 1.82) is 0 Å². The summed E-state index contributed by atoms with van der Waals surface area (Å²) in [6, 6.07) is 15.3. The number of ether oxygens (including phenoxy) is 2. The molecule has 6 rings (SSSR count). The number of benzene rings is 2. The Morgan fingerprint density at radius 3 is 1.52 bits per heavy atom. The third-order valence-electron chi connectivity index (χ3n) is 7.47. The molecular weight excluding hydrogens is 644 g/mol. The van der Waals surface area contributed by atoms with E-state index < -0.39 is 11.1 Å². The van der Waals surface area contributed by atoms with Crippen molar-refractivity contribution < 1.29 is 19.1 Å². The second-order valence-electron chi connectivity index (χ2n) is 9.73. The SMILES string of the molecule is O=Cc1cc(Br)c(O[C@H]2CCc3c(-c4cccc5c4CC[C@@H]5Oc4[nH]c(=O)c(C=O)cc4Br)cccc32)[nH]c1=O. The molecule has 2 aromatic heterocycles. The van der Waals surface area contributed by atoms with Crippen LogP contribution in [-0.4, -0.2) is 22.5 Å². The zero-order valence-electron chi connectivity index (χ0n) is 21.0. The first-order valence-corrected chi connectivity index (χ1v) is 14.3. The number of fused-ring (bicyclic) bond motifs is 2. The molecule has 0 spiro atoms. The van der Waals surface area contributed by atoms with Gasteiger partial charge < -0.3 is 9.47 Å². The number of halogens is 2. The number of H-pyrrole nitrogens is 2. The fourth-order valence-electron chi connectivity index (χ4n) is 5.62. The van der Waals surface area contributed by atoms with Gasteiger partial charge >= 0.3 is 0 Å². The zero-order chi connectivity index (χ0) is 28.0. The summed E-state index contributed by atoms with van der Waals surface area (Å²) in [5.74, 6) is 0.592. The second kappa shape index (κ2) is 10.7. The van der Waals surface area contributed by atoms with Gasteiger partial charge in [0.2, 0.25) is 11.8 Å². The van der Waals surface area contributed by atoms with E-state index in [9.17, 15) is 19.2 Å². The molecule has 2 aliphatic rings. The molecule has 8 nitrogen and oxygen atoms in total. The molecule has 0 saturated carbocycles. The van der Waals surface area contributed by atoms with Crippen LogP contribution in [0.4, 0.5) is 0 Å². The highest BCUT2D eigenvalue weighted by atomic mass is 79.9. The first-order chi connectivity index (χ1) is 19.4. The lowest BCUT2D eigenvalue weighted by atomic mass is 9.91. The number of carbonyl (C=O) groups excluding carboxylic acids is 2. The summed E-state index contributed by atoms with van der Waals surface area (Å²) in [7, 11) is 0. The van der Waals surface area contributed by atoms with Crippen molar-refractivity contribution >= 4 is 44.4 Å². The van der Waals surface area contributed by atoms with Crippen LogP contribution in [-0.2, 0) is 12.8 Å². The summed E-state index contributed by atoms with van der Waals surface area (Å²) in [6.07, 6.45) is 3.64. The maximum absolute atomic E-state index is 12.2. The lowest BCUT2D eigenvalue weighted by Crippen LogP contribution is -2.15.